The van der Waals surface area contributed by atoms with Gasteiger partial charge >= 0.3 is 0 Å². The first-order chi connectivity index (χ1) is 16.8. The van der Waals surface area contributed by atoms with Crippen LogP contribution in [0.1, 0.15) is 13.8 Å². The molecule has 0 radical (unpaired) electrons. The van der Waals surface area contributed by atoms with E-state index >= 15 is 0 Å². The minimum atomic E-state index is -0.653. The van der Waals surface area contributed by atoms with Crippen molar-refractivity contribution in [3.63, 3.8) is 0 Å². The van der Waals surface area contributed by atoms with Crippen LogP contribution in [-0.4, -0.2) is 52.1 Å². The number of aromatic nitrogens is 3. The lowest BCUT2D eigenvalue weighted by Crippen LogP contribution is -2.48. The molecule has 0 bridgehead atoms. The number of hydrogen-bond donors (Lipinski definition) is 2. The average Bonchev–Trinajstić information content (AvgIpc) is 2.86. The van der Waals surface area contributed by atoms with Gasteiger partial charge in [-0.1, -0.05) is 23.7 Å². The van der Waals surface area contributed by atoms with Gasteiger partial charge in [-0.2, -0.15) is 4.39 Å². The van der Waals surface area contributed by atoms with Crippen LogP contribution in [-0.2, 0) is 0 Å². The van der Waals surface area contributed by atoms with Crippen LogP contribution in [0.5, 0.6) is 0 Å². The fraction of sp³-hybridized carbons (Fsp3) is 0.269. The lowest BCUT2D eigenvalue weighted by atomic mass is 10.0. The first-order valence-electron chi connectivity index (χ1n) is 11.5. The number of benzene rings is 1. The number of nitrogens with zero attached hydrogens (tertiary/aromatic N) is 4. The zero-order chi connectivity index (χ0) is 24.7. The van der Waals surface area contributed by atoms with Crippen molar-refractivity contribution in [1.29, 1.82) is 0 Å². The molecular weight excluding hydrogens is 502 g/mol. The molecule has 7 nitrogen and oxygen atoms in total. The van der Waals surface area contributed by atoms with E-state index in [1.165, 1.54) is 12.4 Å². The molecule has 3 aromatic heterocycles. The second-order valence-electron chi connectivity index (χ2n) is 9.00. The Labute approximate surface area is 219 Å². The lowest BCUT2D eigenvalue weighted by Gasteiger charge is -2.38. The molecule has 0 amide bonds. The number of halogens is 3. The van der Waals surface area contributed by atoms with E-state index in [-0.39, 0.29) is 23.8 Å². The number of nitrogens with two attached hydrogens (primary N) is 1. The summed E-state index contributed by atoms with van der Waals surface area (Å²) in [5.41, 5.74) is 8.82. The molecule has 1 saturated heterocycles. The van der Waals surface area contributed by atoms with Crippen LogP contribution in [0.25, 0.3) is 33.2 Å². The Morgan fingerprint density at radius 1 is 1.06 bits per heavy atom. The first kappa shape index (κ1) is 25.9. The van der Waals surface area contributed by atoms with E-state index < -0.39 is 5.95 Å². The Morgan fingerprint density at radius 2 is 1.75 bits per heavy atom. The third-order valence-corrected chi connectivity index (χ3v) is 6.92. The zero-order valence-corrected chi connectivity index (χ0v) is 21.5. The topological polar surface area (TPSA) is 91.1 Å². The fourth-order valence-electron chi connectivity index (χ4n) is 4.53. The van der Waals surface area contributed by atoms with Crippen LogP contribution in [0.3, 0.4) is 0 Å². The molecule has 0 aliphatic carbocycles. The predicted molar refractivity (Wildman–Crippen MR) is 147 cm³/mol. The van der Waals surface area contributed by atoms with Crippen molar-refractivity contribution in [2.75, 3.05) is 36.8 Å². The molecule has 0 atom stereocenters. The molecule has 1 fully saturated rings. The van der Waals surface area contributed by atoms with Crippen molar-refractivity contribution in [3.05, 3.63) is 70.1 Å². The molecule has 10 heteroatoms. The van der Waals surface area contributed by atoms with E-state index in [4.69, 9.17) is 17.3 Å². The molecule has 5 rings (SSSR count). The van der Waals surface area contributed by atoms with Crippen LogP contribution in [0.4, 0.5) is 15.9 Å². The molecule has 4 heterocycles. The smallest absolute Gasteiger partial charge is 0.257 e. The van der Waals surface area contributed by atoms with Gasteiger partial charge in [-0.15, -0.1) is 12.4 Å². The van der Waals surface area contributed by atoms with Gasteiger partial charge in [-0.25, -0.2) is 4.98 Å². The van der Waals surface area contributed by atoms with Gasteiger partial charge in [0.05, 0.1) is 16.1 Å². The number of fused-ring (bicyclic) bond motifs is 1. The molecule has 0 unspecified atom stereocenters. The maximum atomic E-state index is 14.9. The largest absolute Gasteiger partial charge is 0.383 e. The van der Waals surface area contributed by atoms with Gasteiger partial charge in [0.2, 0.25) is 5.95 Å². The molecular formula is C26H27Cl2FN6O. The average molecular weight is 529 g/mol. The van der Waals surface area contributed by atoms with Crippen molar-refractivity contribution in [2.24, 2.45) is 0 Å². The monoisotopic (exact) mass is 528 g/mol. The second kappa shape index (κ2) is 10.4. The van der Waals surface area contributed by atoms with E-state index in [1.54, 1.807) is 12.1 Å². The maximum Gasteiger partial charge on any atom is 0.257 e. The highest BCUT2D eigenvalue weighted by Gasteiger charge is 2.20. The van der Waals surface area contributed by atoms with Gasteiger partial charge in [-0.05, 0) is 43.7 Å². The van der Waals surface area contributed by atoms with E-state index in [9.17, 15) is 9.18 Å². The Balaban J connectivity index is 0.00000304. The standard InChI is InChI=1S/C26H26ClFN6O.ClH/c1-15(2)33-7-9-34(10-8-33)17-5-3-16(4-6-17)18-11-20(25(29)32-24(18)28)23-12-19-21(13-30-23)26(35)31-14-22(19)27;/h3-6,11-15H,7-10H2,1-2H3,(H2,29,32)(H,31,35);1H. The number of rotatable bonds is 4. The zero-order valence-electron chi connectivity index (χ0n) is 20.0. The highest BCUT2D eigenvalue weighted by atomic mass is 35.5. The van der Waals surface area contributed by atoms with Crippen molar-refractivity contribution in [2.45, 2.75) is 19.9 Å². The van der Waals surface area contributed by atoms with Gasteiger partial charge in [0.25, 0.3) is 5.56 Å². The first-order valence-corrected chi connectivity index (χ1v) is 11.9. The normalized spacial score (nSPS) is 14.3. The molecule has 0 spiro atoms. The summed E-state index contributed by atoms with van der Waals surface area (Å²) < 4.78 is 14.9. The SMILES string of the molecule is CC(C)N1CCN(c2ccc(-c3cc(-c4cc5c(Cl)c[nH]c(=O)c5cn4)c(N)nc3F)cc2)CC1.Cl. The Kier molecular flexibility index (Phi) is 7.49. The summed E-state index contributed by atoms with van der Waals surface area (Å²) in [6, 6.07) is 11.7. The maximum absolute atomic E-state index is 14.9. The van der Waals surface area contributed by atoms with Crippen LogP contribution in [0, 0.1) is 5.95 Å². The van der Waals surface area contributed by atoms with E-state index in [2.05, 4.69) is 38.6 Å². The number of anilines is 2. The van der Waals surface area contributed by atoms with Gasteiger partial charge in [-0.3, -0.25) is 14.7 Å². The number of pyridine rings is 3. The summed E-state index contributed by atoms with van der Waals surface area (Å²) in [6.07, 6.45) is 2.86. The van der Waals surface area contributed by atoms with Crippen LogP contribution >= 0.6 is 24.0 Å². The van der Waals surface area contributed by atoms with Crippen LogP contribution in [0.2, 0.25) is 5.02 Å². The quantitative estimate of drug-likeness (QED) is 0.363. The molecule has 0 saturated carbocycles. The fourth-order valence-corrected chi connectivity index (χ4v) is 4.74. The third kappa shape index (κ3) is 4.89. The van der Waals surface area contributed by atoms with Crippen LogP contribution in [0.15, 0.2) is 53.6 Å². The number of nitrogens with one attached hydrogen (secondary N) is 1. The Morgan fingerprint density at radius 3 is 2.42 bits per heavy atom. The van der Waals surface area contributed by atoms with E-state index in [1.807, 2.05) is 24.3 Å². The highest BCUT2D eigenvalue weighted by Crippen LogP contribution is 2.33. The molecule has 3 N–H and O–H groups in total. The summed E-state index contributed by atoms with van der Waals surface area (Å²) in [7, 11) is 0. The minimum Gasteiger partial charge on any atom is -0.383 e. The molecule has 1 aromatic carbocycles. The van der Waals surface area contributed by atoms with Gasteiger partial charge in [0.15, 0.2) is 0 Å². The molecule has 1 aliphatic heterocycles. The summed E-state index contributed by atoms with van der Waals surface area (Å²) in [6.45, 7) is 8.39. The molecule has 1 aliphatic rings. The minimum absolute atomic E-state index is 0. The Hall–Kier alpha value is -3.20. The predicted octanol–water partition coefficient (Wildman–Crippen LogP) is 4.98. The van der Waals surface area contributed by atoms with Gasteiger partial charge < -0.3 is 15.6 Å². The highest BCUT2D eigenvalue weighted by molar-refractivity contribution is 6.35. The number of aromatic amines is 1. The molecule has 4 aromatic rings. The summed E-state index contributed by atoms with van der Waals surface area (Å²) in [5, 5.41) is 1.27. The van der Waals surface area contributed by atoms with Crippen molar-refractivity contribution < 1.29 is 4.39 Å². The lowest BCUT2D eigenvalue weighted by molar-refractivity contribution is 0.209. The van der Waals surface area contributed by atoms with E-state index in [0.29, 0.717) is 44.2 Å². The third-order valence-electron chi connectivity index (χ3n) is 6.61. The number of piperazine rings is 1. The second-order valence-corrected chi connectivity index (χ2v) is 9.41. The Bertz CT molecular complexity index is 1450. The van der Waals surface area contributed by atoms with Crippen molar-refractivity contribution in [3.8, 4) is 22.4 Å². The van der Waals surface area contributed by atoms with Crippen LogP contribution < -0.4 is 16.2 Å². The number of nitrogen functional groups attached to an aromatic ring is 1. The van der Waals surface area contributed by atoms with E-state index in [0.717, 1.165) is 31.9 Å². The summed E-state index contributed by atoms with van der Waals surface area (Å²) in [4.78, 5) is 27.7. The van der Waals surface area contributed by atoms with Gasteiger partial charge in [0, 0.05) is 66.8 Å². The molecule has 188 valence electrons. The van der Waals surface area contributed by atoms with Gasteiger partial charge in [0.1, 0.15) is 5.82 Å². The van der Waals surface area contributed by atoms with Crippen molar-refractivity contribution in [1.82, 2.24) is 19.9 Å². The molecule has 36 heavy (non-hydrogen) atoms. The summed E-state index contributed by atoms with van der Waals surface area (Å²) >= 11 is 6.27. The number of hydrogen-bond acceptors (Lipinski definition) is 6. The summed E-state index contributed by atoms with van der Waals surface area (Å²) in [5.74, 6) is -0.640. The van der Waals surface area contributed by atoms with Crippen molar-refractivity contribution >= 4 is 46.3 Å². The number of H-pyrrole nitrogens is 1.